The first kappa shape index (κ1) is 21.5. The first-order valence-corrected chi connectivity index (χ1v) is 10.0. The maximum absolute atomic E-state index is 12.8. The number of aromatic nitrogens is 3. The van der Waals surface area contributed by atoms with Crippen molar-refractivity contribution in [3.63, 3.8) is 0 Å². The maximum atomic E-state index is 12.8. The molecule has 0 N–H and O–H groups in total. The Morgan fingerprint density at radius 3 is 2.10 bits per heavy atom. The third kappa shape index (κ3) is 4.35. The molecule has 0 aliphatic rings. The van der Waals surface area contributed by atoms with Gasteiger partial charge in [-0.1, -0.05) is 11.8 Å². The fourth-order valence-corrected chi connectivity index (χ4v) is 3.69. The zero-order valence-corrected chi connectivity index (χ0v) is 18.3. The second-order valence-corrected chi connectivity index (χ2v) is 7.16. The molecular weight excluding hydrogens is 406 g/mol. The van der Waals surface area contributed by atoms with Crippen LogP contribution >= 0.6 is 11.8 Å². The van der Waals surface area contributed by atoms with Crippen LogP contribution in [0.5, 0.6) is 23.0 Å². The summed E-state index contributed by atoms with van der Waals surface area (Å²) >= 11 is 1.31. The molecule has 158 valence electrons. The molecule has 0 unspecified atom stereocenters. The molecule has 8 nitrogen and oxygen atoms in total. The lowest BCUT2D eigenvalue weighted by molar-refractivity contribution is 0.102. The predicted molar refractivity (Wildman–Crippen MR) is 114 cm³/mol. The predicted octanol–water partition coefficient (Wildman–Crippen LogP) is 3.49. The van der Waals surface area contributed by atoms with Gasteiger partial charge in [0.15, 0.2) is 28.3 Å². The second-order valence-electron chi connectivity index (χ2n) is 6.22. The molecule has 0 aliphatic carbocycles. The number of carbonyl (C=O) groups is 1. The summed E-state index contributed by atoms with van der Waals surface area (Å²) in [7, 11) is 8.04. The summed E-state index contributed by atoms with van der Waals surface area (Å²) in [4.78, 5) is 12.8. The number of ether oxygens (including phenoxy) is 4. The molecule has 1 heterocycles. The number of nitrogens with zero attached hydrogens (tertiary/aromatic N) is 3. The van der Waals surface area contributed by atoms with E-state index in [0.29, 0.717) is 33.8 Å². The van der Waals surface area contributed by atoms with Crippen LogP contribution in [0.4, 0.5) is 0 Å². The van der Waals surface area contributed by atoms with Gasteiger partial charge in [-0.05, 0) is 36.4 Å². The summed E-state index contributed by atoms with van der Waals surface area (Å²) < 4.78 is 23.0. The normalized spacial score (nSPS) is 10.6. The van der Waals surface area contributed by atoms with Crippen LogP contribution in [0.3, 0.4) is 0 Å². The van der Waals surface area contributed by atoms with Gasteiger partial charge in [-0.15, -0.1) is 10.2 Å². The van der Waals surface area contributed by atoms with E-state index in [-0.39, 0.29) is 11.5 Å². The van der Waals surface area contributed by atoms with Gasteiger partial charge in [-0.2, -0.15) is 0 Å². The Balaban J connectivity index is 1.76. The van der Waals surface area contributed by atoms with Gasteiger partial charge in [0.1, 0.15) is 5.75 Å². The Labute approximate surface area is 179 Å². The highest BCUT2D eigenvalue weighted by atomic mass is 32.2. The van der Waals surface area contributed by atoms with E-state index in [4.69, 9.17) is 18.9 Å². The molecule has 0 spiro atoms. The molecule has 0 saturated carbocycles. The Morgan fingerprint density at radius 2 is 1.57 bits per heavy atom. The lowest BCUT2D eigenvalue weighted by atomic mass is 10.1. The fraction of sp³-hybridized carbons (Fsp3) is 0.286. The Morgan fingerprint density at radius 1 is 0.933 bits per heavy atom. The first-order chi connectivity index (χ1) is 14.5. The van der Waals surface area contributed by atoms with Crippen molar-refractivity contribution in [2.24, 2.45) is 7.05 Å². The molecule has 0 radical (unpaired) electrons. The van der Waals surface area contributed by atoms with E-state index in [1.54, 1.807) is 19.2 Å². The summed E-state index contributed by atoms with van der Waals surface area (Å²) in [6.45, 7) is 0. The summed E-state index contributed by atoms with van der Waals surface area (Å²) in [5.41, 5.74) is 1.38. The quantitative estimate of drug-likeness (QED) is 0.378. The average Bonchev–Trinajstić information content (AvgIpc) is 3.16. The first-order valence-electron chi connectivity index (χ1n) is 9.02. The van der Waals surface area contributed by atoms with Crippen molar-refractivity contribution in [2.45, 2.75) is 5.16 Å². The monoisotopic (exact) mass is 429 g/mol. The number of Topliss-reactive ketones (excluding diaryl/α,β-unsaturated/α-hetero) is 1. The van der Waals surface area contributed by atoms with E-state index < -0.39 is 0 Å². The number of carbonyl (C=O) groups excluding carboxylic acids is 1. The maximum Gasteiger partial charge on any atom is 0.203 e. The van der Waals surface area contributed by atoms with Crippen LogP contribution in [0.25, 0.3) is 11.4 Å². The van der Waals surface area contributed by atoms with E-state index in [1.165, 1.54) is 33.1 Å². The number of ketones is 1. The number of benzene rings is 2. The van der Waals surface area contributed by atoms with E-state index in [0.717, 1.165) is 11.3 Å². The van der Waals surface area contributed by atoms with Gasteiger partial charge in [-0.25, -0.2) is 0 Å². The molecule has 0 aliphatic heterocycles. The summed E-state index contributed by atoms with van der Waals surface area (Å²) in [5, 5.41) is 9.11. The van der Waals surface area contributed by atoms with Gasteiger partial charge >= 0.3 is 0 Å². The molecule has 0 amide bonds. The molecule has 3 rings (SSSR count). The average molecular weight is 429 g/mol. The lowest BCUT2D eigenvalue weighted by Crippen LogP contribution is -2.06. The molecule has 1 aromatic heterocycles. The molecule has 30 heavy (non-hydrogen) atoms. The molecule has 0 atom stereocenters. The molecule has 0 fully saturated rings. The highest BCUT2D eigenvalue weighted by molar-refractivity contribution is 7.99. The molecular formula is C21H23N3O5S. The van der Waals surface area contributed by atoms with Crippen molar-refractivity contribution in [3.8, 4) is 34.4 Å². The van der Waals surface area contributed by atoms with Crippen molar-refractivity contribution in [1.82, 2.24) is 14.8 Å². The highest BCUT2D eigenvalue weighted by Gasteiger charge is 2.18. The van der Waals surface area contributed by atoms with Gasteiger partial charge in [0.05, 0.1) is 34.2 Å². The second kappa shape index (κ2) is 9.53. The Hall–Kier alpha value is -3.20. The topological polar surface area (TPSA) is 84.7 Å². The minimum Gasteiger partial charge on any atom is -0.497 e. The van der Waals surface area contributed by atoms with Crippen LogP contribution in [0.15, 0.2) is 41.6 Å². The van der Waals surface area contributed by atoms with Crippen LogP contribution in [0.1, 0.15) is 10.4 Å². The largest absolute Gasteiger partial charge is 0.497 e. The number of hydrogen-bond donors (Lipinski definition) is 0. The number of thioether (sulfide) groups is 1. The van der Waals surface area contributed by atoms with Gasteiger partial charge < -0.3 is 23.5 Å². The van der Waals surface area contributed by atoms with Crippen LogP contribution in [-0.2, 0) is 7.05 Å². The lowest BCUT2D eigenvalue weighted by Gasteiger charge is -2.13. The van der Waals surface area contributed by atoms with Gasteiger partial charge in [0.25, 0.3) is 0 Å². The van der Waals surface area contributed by atoms with Crippen molar-refractivity contribution in [3.05, 3.63) is 42.0 Å². The zero-order valence-electron chi connectivity index (χ0n) is 17.5. The van der Waals surface area contributed by atoms with E-state index in [2.05, 4.69) is 10.2 Å². The minimum absolute atomic E-state index is 0.0896. The van der Waals surface area contributed by atoms with Crippen LogP contribution in [0, 0.1) is 0 Å². The van der Waals surface area contributed by atoms with Crippen LogP contribution < -0.4 is 18.9 Å². The SMILES string of the molecule is COc1ccc(-c2nnc(SCC(=O)c3cc(OC)c(OC)c(OC)c3)n2C)cc1. The molecule has 0 bridgehead atoms. The van der Waals surface area contributed by atoms with E-state index in [1.807, 2.05) is 35.9 Å². The van der Waals surface area contributed by atoms with E-state index >= 15 is 0 Å². The standard InChI is InChI=1S/C21H23N3O5S/c1-24-20(13-6-8-15(26-2)9-7-13)22-23-21(24)30-12-16(25)14-10-17(27-3)19(29-5)18(11-14)28-4/h6-11H,12H2,1-5H3. The molecule has 0 saturated heterocycles. The number of hydrogen-bond acceptors (Lipinski definition) is 8. The molecule has 3 aromatic rings. The molecule has 9 heteroatoms. The zero-order chi connectivity index (χ0) is 21.7. The summed E-state index contributed by atoms with van der Waals surface area (Å²) in [5.74, 6) is 2.89. The van der Waals surface area contributed by atoms with Crippen LogP contribution in [0.2, 0.25) is 0 Å². The van der Waals surface area contributed by atoms with Crippen LogP contribution in [-0.4, -0.2) is 54.7 Å². The van der Waals surface area contributed by atoms with Gasteiger partial charge in [-0.3, -0.25) is 4.79 Å². The summed E-state index contributed by atoms with van der Waals surface area (Å²) in [6, 6.07) is 10.8. The van der Waals surface area contributed by atoms with Crippen molar-refractivity contribution < 1.29 is 23.7 Å². The van der Waals surface area contributed by atoms with Gasteiger partial charge in [0, 0.05) is 18.2 Å². The highest BCUT2D eigenvalue weighted by Crippen LogP contribution is 2.38. The number of methoxy groups -OCH3 is 4. The Kier molecular flexibility index (Phi) is 6.83. The van der Waals surface area contributed by atoms with E-state index in [9.17, 15) is 4.79 Å². The molecule has 2 aromatic carbocycles. The van der Waals surface area contributed by atoms with Gasteiger partial charge in [0.2, 0.25) is 5.75 Å². The minimum atomic E-state index is -0.0896. The van der Waals surface area contributed by atoms with Crippen molar-refractivity contribution in [2.75, 3.05) is 34.2 Å². The van der Waals surface area contributed by atoms with Crippen molar-refractivity contribution in [1.29, 1.82) is 0 Å². The summed E-state index contributed by atoms with van der Waals surface area (Å²) in [6.07, 6.45) is 0. The smallest absolute Gasteiger partial charge is 0.203 e. The fourth-order valence-electron chi connectivity index (χ4n) is 2.89. The number of rotatable bonds is 9. The third-order valence-corrected chi connectivity index (χ3v) is 5.52. The third-order valence-electron chi connectivity index (χ3n) is 4.50. The van der Waals surface area contributed by atoms with Crippen molar-refractivity contribution >= 4 is 17.5 Å². The Bertz CT molecular complexity index is 1010.